The van der Waals surface area contributed by atoms with Gasteiger partial charge in [0.25, 0.3) is 0 Å². The van der Waals surface area contributed by atoms with E-state index in [0.29, 0.717) is 8.95 Å². The van der Waals surface area contributed by atoms with Gasteiger partial charge in [-0.05, 0) is 28.1 Å². The summed E-state index contributed by atoms with van der Waals surface area (Å²) in [7, 11) is 0. The van der Waals surface area contributed by atoms with Gasteiger partial charge in [0.1, 0.15) is 0 Å². The zero-order valence-electron chi connectivity index (χ0n) is 7.54. The van der Waals surface area contributed by atoms with E-state index in [1.54, 1.807) is 6.07 Å². The third kappa shape index (κ3) is 3.04. The molecule has 80 valence electrons. The molecule has 0 aliphatic heterocycles. The molecule has 4 nitrogen and oxygen atoms in total. The Bertz CT molecular complexity index is 428. The number of carbonyl (C=O) groups excluding carboxylic acids is 2. The van der Waals surface area contributed by atoms with Crippen LogP contribution in [0.5, 0.6) is 5.75 Å². The average Bonchev–Trinajstić information content (AvgIpc) is 2.08. The summed E-state index contributed by atoms with van der Waals surface area (Å²) in [6.45, 7) is 1.19. The highest BCUT2D eigenvalue weighted by atomic mass is 79.9. The number of carbonyl (C=O) groups is 2. The summed E-state index contributed by atoms with van der Waals surface area (Å²) < 4.78 is 5.68. The second-order valence-electron chi connectivity index (χ2n) is 2.65. The molecule has 0 unspecified atom stereocenters. The Morgan fingerprint density at radius 3 is 2.40 bits per heavy atom. The number of benzene rings is 1. The fourth-order valence-corrected chi connectivity index (χ4v) is 2.27. The van der Waals surface area contributed by atoms with E-state index in [0.717, 1.165) is 0 Å². The van der Waals surface area contributed by atoms with E-state index >= 15 is 0 Å². The van der Waals surface area contributed by atoms with E-state index in [4.69, 9.17) is 4.74 Å². The van der Waals surface area contributed by atoms with Crippen molar-refractivity contribution in [2.24, 2.45) is 0 Å². The van der Waals surface area contributed by atoms with Gasteiger partial charge in [0.2, 0.25) is 0 Å². The Hall–Kier alpha value is -0.880. The molecule has 0 heterocycles. The van der Waals surface area contributed by atoms with Gasteiger partial charge < -0.3 is 14.6 Å². The van der Waals surface area contributed by atoms with Gasteiger partial charge in [-0.2, -0.15) is 0 Å². The molecule has 0 saturated carbocycles. The Morgan fingerprint density at radius 1 is 1.33 bits per heavy atom. The van der Waals surface area contributed by atoms with Gasteiger partial charge in [-0.25, -0.2) is 0 Å². The molecular weight excluding hydrogens is 332 g/mol. The quantitative estimate of drug-likeness (QED) is 0.606. The minimum Gasteiger partial charge on any atom is -0.545 e. The van der Waals surface area contributed by atoms with Crippen LogP contribution in [0.15, 0.2) is 21.1 Å². The number of ether oxygens (including phenoxy) is 1. The van der Waals surface area contributed by atoms with Gasteiger partial charge in [-0.1, -0.05) is 15.9 Å². The number of aromatic carboxylic acids is 1. The van der Waals surface area contributed by atoms with Crippen molar-refractivity contribution >= 4 is 43.8 Å². The maximum atomic E-state index is 10.8. The van der Waals surface area contributed by atoms with E-state index < -0.39 is 11.9 Å². The van der Waals surface area contributed by atoms with Crippen LogP contribution < -0.4 is 9.84 Å². The minimum absolute atomic E-state index is 0.0503. The Labute approximate surface area is 102 Å². The summed E-state index contributed by atoms with van der Waals surface area (Å²) in [5.74, 6) is -2.06. The SMILES string of the molecule is CC(=O)Oc1c(Br)cc(Br)cc1C(=O)[O-]. The van der Waals surface area contributed by atoms with Crippen molar-refractivity contribution in [3.8, 4) is 5.75 Å². The number of rotatable bonds is 2. The van der Waals surface area contributed by atoms with Gasteiger partial charge in [-0.15, -0.1) is 0 Å². The summed E-state index contributed by atoms with van der Waals surface area (Å²) >= 11 is 6.22. The molecule has 1 rings (SSSR count). The number of halogens is 2. The van der Waals surface area contributed by atoms with Crippen LogP contribution in [0, 0.1) is 0 Å². The standard InChI is InChI=1S/C9H6Br2O4/c1-4(12)15-8-6(9(13)14)2-5(10)3-7(8)11/h2-3H,1H3,(H,13,14)/p-1. The van der Waals surface area contributed by atoms with E-state index in [9.17, 15) is 14.7 Å². The second-order valence-corrected chi connectivity index (χ2v) is 4.42. The first-order valence-electron chi connectivity index (χ1n) is 3.80. The lowest BCUT2D eigenvalue weighted by atomic mass is 10.2. The molecule has 0 radical (unpaired) electrons. The van der Waals surface area contributed by atoms with E-state index in [-0.39, 0.29) is 11.3 Å². The normalized spacial score (nSPS) is 9.80. The Morgan fingerprint density at radius 2 is 1.93 bits per heavy atom. The topological polar surface area (TPSA) is 66.4 Å². The van der Waals surface area contributed by atoms with Crippen LogP contribution in [0.4, 0.5) is 0 Å². The lowest BCUT2D eigenvalue weighted by Gasteiger charge is -2.12. The summed E-state index contributed by atoms with van der Waals surface area (Å²) in [4.78, 5) is 21.5. The molecule has 0 amide bonds. The van der Waals surface area contributed by atoms with Crippen molar-refractivity contribution in [2.45, 2.75) is 6.92 Å². The highest BCUT2D eigenvalue weighted by Crippen LogP contribution is 2.32. The van der Waals surface area contributed by atoms with Gasteiger partial charge >= 0.3 is 5.97 Å². The van der Waals surface area contributed by atoms with E-state index in [2.05, 4.69) is 31.9 Å². The lowest BCUT2D eigenvalue weighted by molar-refractivity contribution is -0.255. The third-order valence-corrected chi connectivity index (χ3v) is 2.52. The predicted octanol–water partition coefficient (Wildman–Crippen LogP) is 1.50. The number of esters is 1. The first kappa shape index (κ1) is 12.2. The molecule has 0 N–H and O–H groups in total. The zero-order chi connectivity index (χ0) is 11.6. The molecule has 0 atom stereocenters. The summed E-state index contributed by atoms with van der Waals surface area (Å²) in [6, 6.07) is 2.88. The van der Waals surface area contributed by atoms with Crippen LogP contribution in [0.1, 0.15) is 17.3 Å². The number of hydrogen-bond donors (Lipinski definition) is 0. The largest absolute Gasteiger partial charge is 0.545 e. The molecule has 15 heavy (non-hydrogen) atoms. The minimum atomic E-state index is -1.41. The summed E-state index contributed by atoms with van der Waals surface area (Å²) in [5.41, 5.74) is -0.188. The fraction of sp³-hybridized carbons (Fsp3) is 0.111. The van der Waals surface area contributed by atoms with Gasteiger partial charge in [-0.3, -0.25) is 4.79 Å². The summed E-state index contributed by atoms with van der Waals surface area (Å²) in [6.07, 6.45) is 0. The van der Waals surface area contributed by atoms with Crippen LogP contribution in [0.25, 0.3) is 0 Å². The lowest BCUT2D eigenvalue weighted by Crippen LogP contribution is -2.23. The number of carboxylic acid groups (broad SMARTS) is 1. The molecule has 6 heteroatoms. The fourth-order valence-electron chi connectivity index (χ4n) is 0.959. The molecule has 1 aromatic carbocycles. The Kier molecular flexibility index (Phi) is 3.87. The van der Waals surface area contributed by atoms with Gasteiger partial charge in [0.15, 0.2) is 5.75 Å². The van der Waals surface area contributed by atoms with Gasteiger partial charge in [0.05, 0.1) is 10.4 Å². The van der Waals surface area contributed by atoms with E-state index in [1.807, 2.05) is 0 Å². The number of hydrogen-bond acceptors (Lipinski definition) is 4. The zero-order valence-corrected chi connectivity index (χ0v) is 10.7. The molecule has 0 bridgehead atoms. The molecule has 0 aromatic heterocycles. The van der Waals surface area contributed by atoms with Crippen LogP contribution in [-0.4, -0.2) is 11.9 Å². The maximum Gasteiger partial charge on any atom is 0.308 e. The van der Waals surface area contributed by atoms with Crippen LogP contribution in [-0.2, 0) is 4.79 Å². The first-order valence-corrected chi connectivity index (χ1v) is 5.39. The van der Waals surface area contributed by atoms with Crippen molar-refractivity contribution in [1.82, 2.24) is 0 Å². The van der Waals surface area contributed by atoms with Crippen molar-refractivity contribution in [3.05, 3.63) is 26.6 Å². The Balaban J connectivity index is 3.33. The van der Waals surface area contributed by atoms with Crippen molar-refractivity contribution < 1.29 is 19.4 Å². The molecule has 1 aromatic rings. The maximum absolute atomic E-state index is 10.8. The third-order valence-electron chi connectivity index (χ3n) is 1.47. The van der Waals surface area contributed by atoms with Crippen molar-refractivity contribution in [3.63, 3.8) is 0 Å². The molecular formula is C9H5Br2O4-. The second kappa shape index (κ2) is 4.76. The first-order chi connectivity index (χ1) is 6.91. The van der Waals surface area contributed by atoms with E-state index in [1.165, 1.54) is 13.0 Å². The van der Waals surface area contributed by atoms with Crippen molar-refractivity contribution in [2.75, 3.05) is 0 Å². The molecule has 0 fully saturated rings. The highest BCUT2D eigenvalue weighted by molar-refractivity contribution is 9.11. The average molecular weight is 337 g/mol. The van der Waals surface area contributed by atoms with Gasteiger partial charge in [0, 0.05) is 17.0 Å². The summed E-state index contributed by atoms with van der Waals surface area (Å²) in [5, 5.41) is 10.8. The van der Waals surface area contributed by atoms with Crippen LogP contribution >= 0.6 is 31.9 Å². The van der Waals surface area contributed by atoms with Crippen molar-refractivity contribution in [1.29, 1.82) is 0 Å². The smallest absolute Gasteiger partial charge is 0.308 e. The molecule has 0 aliphatic carbocycles. The molecule has 0 saturated heterocycles. The highest BCUT2D eigenvalue weighted by Gasteiger charge is 2.12. The predicted molar refractivity (Wildman–Crippen MR) is 57.5 cm³/mol. The van der Waals surface area contributed by atoms with Crippen LogP contribution in [0.3, 0.4) is 0 Å². The van der Waals surface area contributed by atoms with Crippen LogP contribution in [0.2, 0.25) is 0 Å². The molecule has 0 spiro atoms. The number of carboxylic acids is 1. The molecule has 0 aliphatic rings. The monoisotopic (exact) mass is 335 g/mol.